The molecular formula is C31H39N5O2. The lowest BCUT2D eigenvalue weighted by molar-refractivity contribution is -0.136. The van der Waals surface area contributed by atoms with Crippen molar-refractivity contribution in [1.82, 2.24) is 10.3 Å². The first-order valence-corrected chi connectivity index (χ1v) is 14.2. The molecule has 38 heavy (non-hydrogen) atoms. The molecule has 7 rings (SSSR count). The number of carbonyl (C=O) groups excluding carboxylic acids is 1. The van der Waals surface area contributed by atoms with E-state index in [0.717, 1.165) is 68.8 Å². The maximum atomic E-state index is 13.3. The Bertz CT molecular complexity index is 1240. The van der Waals surface area contributed by atoms with Crippen molar-refractivity contribution >= 4 is 17.4 Å². The Kier molecular flexibility index (Phi) is 6.14. The number of nitrogens with zero attached hydrogens (tertiary/aromatic N) is 4. The van der Waals surface area contributed by atoms with Crippen molar-refractivity contribution < 1.29 is 9.90 Å². The van der Waals surface area contributed by atoms with Crippen LogP contribution in [0.15, 0.2) is 42.5 Å². The van der Waals surface area contributed by atoms with Gasteiger partial charge in [0.1, 0.15) is 11.5 Å². The van der Waals surface area contributed by atoms with Crippen LogP contribution in [-0.2, 0) is 5.41 Å². The van der Waals surface area contributed by atoms with Gasteiger partial charge in [-0.15, -0.1) is 0 Å². The maximum absolute atomic E-state index is 13.3. The second kappa shape index (κ2) is 9.27. The number of carbonyl (C=O) groups is 1. The Hall–Kier alpha value is -3.11. The molecule has 2 heterocycles. The van der Waals surface area contributed by atoms with Crippen LogP contribution in [0.3, 0.4) is 0 Å². The highest BCUT2D eigenvalue weighted by Crippen LogP contribution is 2.55. The first-order valence-electron chi connectivity index (χ1n) is 14.2. The van der Waals surface area contributed by atoms with E-state index >= 15 is 0 Å². The van der Waals surface area contributed by atoms with Crippen molar-refractivity contribution in [3.8, 4) is 6.07 Å². The molecule has 0 radical (unpaired) electrons. The fourth-order valence-electron chi connectivity index (χ4n) is 7.84. The molecule has 4 saturated carbocycles. The van der Waals surface area contributed by atoms with Crippen molar-refractivity contribution in [1.29, 1.82) is 5.26 Å². The summed E-state index contributed by atoms with van der Waals surface area (Å²) < 4.78 is 0. The smallest absolute Gasteiger partial charge is 0.270 e. The summed E-state index contributed by atoms with van der Waals surface area (Å²) in [6.45, 7) is 8.62. The molecule has 1 aromatic carbocycles. The predicted octanol–water partition coefficient (Wildman–Crippen LogP) is 4.27. The molecule has 7 nitrogen and oxygen atoms in total. The van der Waals surface area contributed by atoms with E-state index in [-0.39, 0.29) is 18.0 Å². The zero-order valence-electron chi connectivity index (χ0n) is 22.7. The van der Waals surface area contributed by atoms with Gasteiger partial charge in [-0.2, -0.15) is 5.26 Å². The molecule has 2 N–H and O–H groups in total. The third-order valence-corrected chi connectivity index (χ3v) is 9.66. The highest BCUT2D eigenvalue weighted by atomic mass is 16.3. The number of pyridine rings is 1. The number of anilines is 2. The van der Waals surface area contributed by atoms with Gasteiger partial charge in [0, 0.05) is 37.4 Å². The first-order chi connectivity index (χ1) is 18.1. The molecule has 4 bridgehead atoms. The van der Waals surface area contributed by atoms with Gasteiger partial charge >= 0.3 is 0 Å². The lowest BCUT2D eigenvalue weighted by atomic mass is 9.52. The number of aromatic nitrogens is 1. The summed E-state index contributed by atoms with van der Waals surface area (Å²) in [7, 11) is 0. The maximum Gasteiger partial charge on any atom is 0.270 e. The van der Waals surface area contributed by atoms with Crippen molar-refractivity contribution in [3.63, 3.8) is 0 Å². The number of aliphatic hydroxyl groups is 1. The largest absolute Gasteiger partial charge is 0.390 e. The average molecular weight is 514 g/mol. The van der Waals surface area contributed by atoms with Crippen LogP contribution in [0.4, 0.5) is 11.5 Å². The van der Waals surface area contributed by atoms with E-state index in [2.05, 4.69) is 52.4 Å². The molecular weight excluding hydrogens is 474 g/mol. The Morgan fingerprint density at radius 1 is 1.11 bits per heavy atom. The van der Waals surface area contributed by atoms with Crippen LogP contribution >= 0.6 is 0 Å². The second-order valence-corrected chi connectivity index (χ2v) is 12.8. The average Bonchev–Trinajstić information content (AvgIpc) is 2.90. The van der Waals surface area contributed by atoms with Gasteiger partial charge in [0.2, 0.25) is 0 Å². The third-order valence-electron chi connectivity index (χ3n) is 9.66. The van der Waals surface area contributed by atoms with E-state index in [9.17, 15) is 15.2 Å². The van der Waals surface area contributed by atoms with Crippen molar-refractivity contribution in [2.45, 2.75) is 76.0 Å². The fourth-order valence-corrected chi connectivity index (χ4v) is 7.84. The minimum Gasteiger partial charge on any atom is -0.390 e. The normalized spacial score (nSPS) is 32.2. The Morgan fingerprint density at radius 3 is 2.45 bits per heavy atom. The van der Waals surface area contributed by atoms with Crippen LogP contribution in [0.25, 0.3) is 0 Å². The number of piperazine rings is 1. The van der Waals surface area contributed by atoms with Crippen molar-refractivity contribution in [3.05, 3.63) is 53.7 Å². The predicted molar refractivity (Wildman–Crippen MR) is 148 cm³/mol. The number of rotatable bonds is 5. The van der Waals surface area contributed by atoms with E-state index in [1.54, 1.807) is 0 Å². The van der Waals surface area contributed by atoms with Crippen molar-refractivity contribution in [2.24, 2.45) is 17.8 Å². The summed E-state index contributed by atoms with van der Waals surface area (Å²) >= 11 is 0. The highest BCUT2D eigenvalue weighted by Gasteiger charge is 2.55. The zero-order chi connectivity index (χ0) is 26.7. The quantitative estimate of drug-likeness (QED) is 0.621. The Balaban J connectivity index is 1.11. The summed E-state index contributed by atoms with van der Waals surface area (Å²) in [6.07, 6.45) is 4.83. The summed E-state index contributed by atoms with van der Waals surface area (Å²) in [6, 6.07) is 16.8. The molecule has 7 heteroatoms. The lowest BCUT2D eigenvalue weighted by Crippen LogP contribution is -2.61. The van der Waals surface area contributed by atoms with Crippen LogP contribution in [0.5, 0.6) is 0 Å². The lowest BCUT2D eigenvalue weighted by Gasteiger charge is -2.58. The van der Waals surface area contributed by atoms with Crippen LogP contribution < -0.4 is 15.1 Å². The summed E-state index contributed by atoms with van der Waals surface area (Å²) in [5, 5.41) is 23.6. The number of hydrogen-bond acceptors (Lipinski definition) is 6. The van der Waals surface area contributed by atoms with Gasteiger partial charge in [0.15, 0.2) is 0 Å². The van der Waals surface area contributed by atoms with E-state index in [4.69, 9.17) is 4.98 Å². The Labute approximate surface area is 225 Å². The SMILES string of the molecule is C[C@@H]1CN(c2ccc(C(C)(C)C#N)cc2)CCN1c1cccc(C(=O)NC2C3CC4CC2CC(O)(C4)C3)n1. The molecule has 4 aliphatic carbocycles. The van der Waals surface area contributed by atoms with E-state index < -0.39 is 11.0 Å². The molecule has 2 unspecified atom stereocenters. The summed E-state index contributed by atoms with van der Waals surface area (Å²) in [5.74, 6) is 2.13. The first kappa shape index (κ1) is 25.2. The molecule has 1 aromatic heterocycles. The monoisotopic (exact) mass is 513 g/mol. The standard InChI is InChI=1S/C31H39N5O2/c1-20-18-35(25-9-7-24(8-10-25)30(2,3)19-32)11-12-36(20)27-6-4-5-26(33-27)29(37)34-28-22-13-21-14-23(28)17-31(38,15-21)16-22/h4-10,20-23,28,38H,11-18H2,1-3H3,(H,34,37)/t20-,21?,22?,23?,28?,31?/m1/s1. The van der Waals surface area contributed by atoms with Crippen LogP contribution in [0.2, 0.25) is 0 Å². The van der Waals surface area contributed by atoms with Crippen LogP contribution in [-0.4, -0.2) is 53.3 Å². The van der Waals surface area contributed by atoms with Gasteiger partial charge in [0.25, 0.3) is 5.91 Å². The van der Waals surface area contributed by atoms with Gasteiger partial charge in [0.05, 0.1) is 17.1 Å². The molecule has 1 aliphatic heterocycles. The summed E-state index contributed by atoms with van der Waals surface area (Å²) in [4.78, 5) is 22.8. The molecule has 1 amide bonds. The number of amides is 1. The molecule has 200 valence electrons. The van der Waals surface area contributed by atoms with Crippen LogP contribution in [0.1, 0.15) is 68.9 Å². The van der Waals surface area contributed by atoms with Crippen molar-refractivity contribution in [2.75, 3.05) is 29.4 Å². The van der Waals surface area contributed by atoms with E-state index in [0.29, 0.717) is 23.4 Å². The number of nitriles is 1. The minimum absolute atomic E-state index is 0.0945. The molecule has 1 saturated heterocycles. The highest BCUT2D eigenvalue weighted by molar-refractivity contribution is 5.93. The van der Waals surface area contributed by atoms with Gasteiger partial charge in [-0.05, 0) is 100 Å². The Morgan fingerprint density at radius 2 is 1.82 bits per heavy atom. The molecule has 5 aliphatic rings. The molecule has 2 aromatic rings. The third kappa shape index (κ3) is 4.53. The fraction of sp³-hybridized carbons (Fsp3) is 0.581. The second-order valence-electron chi connectivity index (χ2n) is 12.8. The van der Waals surface area contributed by atoms with Gasteiger partial charge in [-0.25, -0.2) is 4.98 Å². The van der Waals surface area contributed by atoms with E-state index in [1.165, 1.54) is 0 Å². The van der Waals surface area contributed by atoms with Crippen LogP contribution in [0, 0.1) is 29.1 Å². The topological polar surface area (TPSA) is 92.5 Å². The number of benzene rings is 1. The van der Waals surface area contributed by atoms with Gasteiger partial charge in [-0.3, -0.25) is 4.79 Å². The number of hydrogen-bond donors (Lipinski definition) is 2. The number of nitrogens with one attached hydrogen (secondary N) is 1. The van der Waals surface area contributed by atoms with Gasteiger partial charge < -0.3 is 20.2 Å². The molecule has 0 spiro atoms. The zero-order valence-corrected chi connectivity index (χ0v) is 22.7. The van der Waals surface area contributed by atoms with E-state index in [1.807, 2.05) is 32.0 Å². The minimum atomic E-state index is -0.497. The van der Waals surface area contributed by atoms with Gasteiger partial charge in [-0.1, -0.05) is 18.2 Å². The molecule has 3 atom stereocenters. The summed E-state index contributed by atoms with van der Waals surface area (Å²) in [5.41, 5.74) is 1.67. The molecule has 5 fully saturated rings.